The molecule has 0 amide bonds. The van der Waals surface area contributed by atoms with E-state index < -0.39 is 0 Å². The summed E-state index contributed by atoms with van der Waals surface area (Å²) in [5.41, 5.74) is 2.03. The molecule has 2 aromatic carbocycles. The molecule has 0 fully saturated rings. The maximum Gasteiger partial charge on any atom is 0.271 e. The molecule has 0 atom stereocenters. The third kappa shape index (κ3) is 1.99. The van der Waals surface area contributed by atoms with Crippen LogP contribution >= 0.6 is 15.9 Å². The number of halogens is 1. The molecular weight excluding hydrogens is 292 g/mol. The molecule has 0 aliphatic rings. The van der Waals surface area contributed by atoms with E-state index in [0.717, 1.165) is 15.6 Å². The lowest BCUT2D eigenvalue weighted by Gasteiger charge is -2.04. The molecule has 0 unspecified atom stereocenters. The molecule has 0 saturated heterocycles. The number of nitrogens with one attached hydrogen (secondary N) is 1. The van der Waals surface area contributed by atoms with Crippen molar-refractivity contribution in [1.82, 2.24) is 9.78 Å². The van der Waals surface area contributed by atoms with Gasteiger partial charge in [0.2, 0.25) is 0 Å². The minimum Gasteiger partial charge on any atom is -0.280 e. The number of benzene rings is 2. The summed E-state index contributed by atoms with van der Waals surface area (Å²) in [4.78, 5) is 11.8. The predicted molar refractivity (Wildman–Crippen MR) is 75.8 cm³/mol. The quantitative estimate of drug-likeness (QED) is 0.776. The highest BCUT2D eigenvalue weighted by atomic mass is 79.9. The Bertz CT molecular complexity index is 743. The van der Waals surface area contributed by atoms with Gasteiger partial charge in [-0.2, -0.15) is 0 Å². The minimum atomic E-state index is -0.0477. The lowest BCUT2D eigenvalue weighted by Crippen LogP contribution is -2.06. The Kier molecular flexibility index (Phi) is 2.80. The number of fused-ring (bicyclic) bond motifs is 1. The molecule has 18 heavy (non-hydrogen) atoms. The van der Waals surface area contributed by atoms with Crippen LogP contribution in [0.5, 0.6) is 0 Å². The smallest absolute Gasteiger partial charge is 0.271 e. The first-order valence-corrected chi connectivity index (χ1v) is 6.45. The van der Waals surface area contributed by atoms with Gasteiger partial charge in [-0.15, -0.1) is 0 Å². The maximum atomic E-state index is 11.8. The average Bonchev–Trinajstić information content (AvgIpc) is 2.67. The van der Waals surface area contributed by atoms with Crippen LogP contribution in [0.3, 0.4) is 0 Å². The summed E-state index contributed by atoms with van der Waals surface area (Å²) >= 11 is 3.43. The molecule has 1 heterocycles. The lowest BCUT2D eigenvalue weighted by atomic mass is 10.2. The second-order valence-electron chi connectivity index (χ2n) is 4.17. The highest BCUT2D eigenvalue weighted by molar-refractivity contribution is 9.10. The fraction of sp³-hybridized carbons (Fsp3) is 0.0714. The summed E-state index contributed by atoms with van der Waals surface area (Å²) in [6.07, 6.45) is 0. The van der Waals surface area contributed by atoms with Gasteiger partial charge in [-0.25, -0.2) is 0 Å². The second kappa shape index (κ2) is 4.46. The topological polar surface area (TPSA) is 37.8 Å². The van der Waals surface area contributed by atoms with Gasteiger partial charge < -0.3 is 0 Å². The van der Waals surface area contributed by atoms with Gasteiger partial charge >= 0.3 is 0 Å². The Morgan fingerprint density at radius 2 is 1.89 bits per heavy atom. The van der Waals surface area contributed by atoms with Crippen molar-refractivity contribution in [2.75, 3.05) is 0 Å². The molecule has 0 spiro atoms. The molecular formula is C14H11BrN2O. The minimum absolute atomic E-state index is 0.0477. The first kappa shape index (κ1) is 11.3. The summed E-state index contributed by atoms with van der Waals surface area (Å²) in [5, 5.41) is 3.59. The fourth-order valence-corrected chi connectivity index (χ4v) is 2.40. The summed E-state index contributed by atoms with van der Waals surface area (Å²) in [6.45, 7) is 0.663. The number of hydrogen-bond donors (Lipinski definition) is 1. The highest BCUT2D eigenvalue weighted by Crippen LogP contribution is 2.17. The summed E-state index contributed by atoms with van der Waals surface area (Å²) in [5.74, 6) is 0. The van der Waals surface area contributed by atoms with Crippen LogP contribution < -0.4 is 5.56 Å². The largest absolute Gasteiger partial charge is 0.280 e. The van der Waals surface area contributed by atoms with Crippen LogP contribution in [0.15, 0.2) is 57.8 Å². The number of H-pyrrole nitrogens is 1. The Labute approximate surface area is 112 Å². The van der Waals surface area contributed by atoms with E-state index in [1.807, 2.05) is 53.2 Å². The van der Waals surface area contributed by atoms with Crippen molar-refractivity contribution >= 4 is 26.8 Å². The van der Waals surface area contributed by atoms with Crippen molar-refractivity contribution in [1.29, 1.82) is 0 Å². The third-order valence-corrected chi connectivity index (χ3v) is 3.41. The molecule has 4 heteroatoms. The van der Waals surface area contributed by atoms with Gasteiger partial charge in [0.05, 0.1) is 17.4 Å². The van der Waals surface area contributed by atoms with Crippen molar-refractivity contribution < 1.29 is 0 Å². The van der Waals surface area contributed by atoms with Gasteiger partial charge in [0.1, 0.15) is 0 Å². The van der Waals surface area contributed by atoms with E-state index >= 15 is 0 Å². The van der Waals surface area contributed by atoms with E-state index in [1.54, 1.807) is 0 Å². The molecule has 3 nitrogen and oxygen atoms in total. The van der Waals surface area contributed by atoms with Gasteiger partial charge in [-0.05, 0) is 23.8 Å². The molecule has 0 bridgehead atoms. The molecule has 3 aromatic rings. The van der Waals surface area contributed by atoms with Crippen LogP contribution in [0, 0.1) is 0 Å². The summed E-state index contributed by atoms with van der Waals surface area (Å²) in [6, 6.07) is 15.7. The fourth-order valence-electron chi connectivity index (χ4n) is 2.05. The van der Waals surface area contributed by atoms with Gasteiger partial charge in [-0.3, -0.25) is 14.6 Å². The molecule has 3 rings (SSSR count). The van der Waals surface area contributed by atoms with Crippen LogP contribution in [0.2, 0.25) is 0 Å². The van der Waals surface area contributed by atoms with Crippen molar-refractivity contribution in [2.24, 2.45) is 0 Å². The lowest BCUT2D eigenvalue weighted by molar-refractivity contribution is 0.703. The van der Waals surface area contributed by atoms with E-state index in [2.05, 4.69) is 21.0 Å². The molecule has 1 aromatic heterocycles. The monoisotopic (exact) mass is 302 g/mol. The number of aromatic amines is 1. The Morgan fingerprint density at radius 3 is 2.67 bits per heavy atom. The van der Waals surface area contributed by atoms with Crippen molar-refractivity contribution in [3.8, 4) is 0 Å². The van der Waals surface area contributed by atoms with Crippen LogP contribution in [-0.4, -0.2) is 9.78 Å². The van der Waals surface area contributed by atoms with Gasteiger partial charge in [-0.1, -0.05) is 46.3 Å². The van der Waals surface area contributed by atoms with E-state index in [0.29, 0.717) is 11.9 Å². The Morgan fingerprint density at radius 1 is 1.11 bits per heavy atom. The van der Waals surface area contributed by atoms with Crippen molar-refractivity contribution in [2.45, 2.75) is 6.54 Å². The first-order chi connectivity index (χ1) is 8.74. The van der Waals surface area contributed by atoms with Crippen LogP contribution in [-0.2, 0) is 6.54 Å². The zero-order chi connectivity index (χ0) is 12.5. The molecule has 0 radical (unpaired) electrons. The normalized spacial score (nSPS) is 10.9. The van der Waals surface area contributed by atoms with Gasteiger partial charge in [0, 0.05) is 4.47 Å². The average molecular weight is 303 g/mol. The number of nitrogens with zero attached hydrogens (tertiary/aromatic N) is 1. The SMILES string of the molecule is O=c1[nH]n(Cc2ccccc2)c2cc(Br)ccc12. The maximum absolute atomic E-state index is 11.8. The van der Waals surface area contributed by atoms with E-state index in [4.69, 9.17) is 0 Å². The van der Waals surface area contributed by atoms with Crippen LogP contribution in [0.25, 0.3) is 10.9 Å². The summed E-state index contributed by atoms with van der Waals surface area (Å²) < 4.78 is 2.84. The number of aromatic nitrogens is 2. The number of hydrogen-bond acceptors (Lipinski definition) is 1. The van der Waals surface area contributed by atoms with E-state index in [-0.39, 0.29) is 5.56 Å². The van der Waals surface area contributed by atoms with E-state index in [1.165, 1.54) is 0 Å². The van der Waals surface area contributed by atoms with Gasteiger partial charge in [0.25, 0.3) is 5.56 Å². The Balaban J connectivity index is 2.12. The molecule has 90 valence electrons. The second-order valence-corrected chi connectivity index (χ2v) is 5.09. The standard InChI is InChI=1S/C14H11BrN2O/c15-11-6-7-12-13(8-11)17(16-14(12)18)9-10-4-2-1-3-5-10/h1-8H,9H2,(H,16,18). The molecule has 0 aliphatic carbocycles. The zero-order valence-electron chi connectivity index (χ0n) is 9.56. The Hall–Kier alpha value is -1.81. The number of rotatable bonds is 2. The molecule has 0 saturated carbocycles. The molecule has 0 aliphatic heterocycles. The summed E-state index contributed by atoms with van der Waals surface area (Å²) in [7, 11) is 0. The first-order valence-electron chi connectivity index (χ1n) is 5.66. The molecule has 1 N–H and O–H groups in total. The van der Waals surface area contributed by atoms with Crippen molar-refractivity contribution in [3.63, 3.8) is 0 Å². The predicted octanol–water partition coefficient (Wildman–Crippen LogP) is 3.14. The zero-order valence-corrected chi connectivity index (χ0v) is 11.1. The van der Waals surface area contributed by atoms with Crippen LogP contribution in [0.4, 0.5) is 0 Å². The third-order valence-electron chi connectivity index (χ3n) is 2.92. The van der Waals surface area contributed by atoms with Crippen LogP contribution in [0.1, 0.15) is 5.56 Å². The van der Waals surface area contributed by atoms with Gasteiger partial charge in [0.15, 0.2) is 0 Å². The highest BCUT2D eigenvalue weighted by Gasteiger charge is 2.06. The van der Waals surface area contributed by atoms with E-state index in [9.17, 15) is 4.79 Å². The van der Waals surface area contributed by atoms with Crippen molar-refractivity contribution in [3.05, 3.63) is 68.9 Å².